The van der Waals surface area contributed by atoms with Gasteiger partial charge in [0.2, 0.25) is 10.0 Å². The topological polar surface area (TPSA) is 76.7 Å². The number of methoxy groups -OCH3 is 2. The Labute approximate surface area is 145 Å². The molecule has 1 atom stereocenters. The van der Waals surface area contributed by atoms with E-state index in [1.54, 1.807) is 32.4 Å². The first-order chi connectivity index (χ1) is 11.4. The van der Waals surface area contributed by atoms with Crippen molar-refractivity contribution in [1.29, 1.82) is 0 Å². The molecule has 0 saturated heterocycles. The van der Waals surface area contributed by atoms with Gasteiger partial charge in [0.25, 0.3) is 0 Å². The highest BCUT2D eigenvalue weighted by Gasteiger charge is 2.12. The third-order valence-corrected chi connectivity index (χ3v) is 4.99. The van der Waals surface area contributed by atoms with Gasteiger partial charge in [-0.2, -0.15) is 0 Å². The van der Waals surface area contributed by atoms with Crippen LogP contribution in [0.3, 0.4) is 0 Å². The second-order valence-corrected chi connectivity index (χ2v) is 7.48. The second-order valence-electron chi connectivity index (χ2n) is 5.55. The Kier molecular flexibility index (Phi) is 8.81. The average molecular weight is 356 g/mol. The van der Waals surface area contributed by atoms with Crippen molar-refractivity contribution in [3.8, 4) is 11.5 Å². The summed E-state index contributed by atoms with van der Waals surface area (Å²) in [5.41, 5.74) is 0.764. The molecule has 24 heavy (non-hydrogen) atoms. The molecule has 0 radical (unpaired) electrons. The quantitative estimate of drug-likeness (QED) is 0.443. The van der Waals surface area contributed by atoms with Crippen molar-refractivity contribution in [2.24, 2.45) is 0 Å². The van der Waals surface area contributed by atoms with Gasteiger partial charge in [0, 0.05) is 24.2 Å². The standard InChI is InChI=1S/C17H28N2O4S/c1-5-7-14(2)18-10-6-11-24(20,21)19-13-15-8-9-16(22-3)12-17(15)23-4/h5,8-9,12,14,18-19H,1,6-7,10-11,13H2,2-4H3/t14-/m0/s1. The molecule has 0 fully saturated rings. The maximum absolute atomic E-state index is 12.1. The fourth-order valence-electron chi connectivity index (χ4n) is 2.20. The van der Waals surface area contributed by atoms with E-state index in [4.69, 9.17) is 9.47 Å². The zero-order valence-corrected chi connectivity index (χ0v) is 15.5. The van der Waals surface area contributed by atoms with E-state index in [-0.39, 0.29) is 12.3 Å². The third-order valence-electron chi connectivity index (χ3n) is 3.58. The molecule has 0 spiro atoms. The summed E-state index contributed by atoms with van der Waals surface area (Å²) in [5.74, 6) is 1.34. The summed E-state index contributed by atoms with van der Waals surface area (Å²) in [6.07, 6.45) is 3.26. The summed E-state index contributed by atoms with van der Waals surface area (Å²) in [4.78, 5) is 0. The average Bonchev–Trinajstić information content (AvgIpc) is 2.57. The Bertz CT molecular complexity index is 617. The van der Waals surface area contributed by atoms with Crippen molar-refractivity contribution >= 4 is 10.0 Å². The minimum Gasteiger partial charge on any atom is -0.497 e. The van der Waals surface area contributed by atoms with Crippen molar-refractivity contribution in [3.63, 3.8) is 0 Å². The van der Waals surface area contributed by atoms with Crippen LogP contribution in [0.1, 0.15) is 25.3 Å². The van der Waals surface area contributed by atoms with Crippen LogP contribution in [0.4, 0.5) is 0 Å². The number of hydrogen-bond acceptors (Lipinski definition) is 5. The van der Waals surface area contributed by atoms with Gasteiger partial charge in [-0.25, -0.2) is 13.1 Å². The van der Waals surface area contributed by atoms with Crippen molar-refractivity contribution in [3.05, 3.63) is 36.4 Å². The van der Waals surface area contributed by atoms with Crippen LogP contribution in [0.5, 0.6) is 11.5 Å². The van der Waals surface area contributed by atoms with Crippen molar-refractivity contribution in [2.75, 3.05) is 26.5 Å². The SMILES string of the molecule is C=CC[C@H](C)NCCCS(=O)(=O)NCc1ccc(OC)cc1OC. The van der Waals surface area contributed by atoms with Crippen LogP contribution in [-0.4, -0.2) is 41.0 Å². The van der Waals surface area contributed by atoms with Crippen molar-refractivity contribution < 1.29 is 17.9 Å². The Hall–Kier alpha value is -1.57. The van der Waals surface area contributed by atoms with Gasteiger partial charge in [-0.1, -0.05) is 12.1 Å². The van der Waals surface area contributed by atoms with E-state index >= 15 is 0 Å². The molecule has 0 unspecified atom stereocenters. The number of sulfonamides is 1. The van der Waals surface area contributed by atoms with Gasteiger partial charge in [-0.3, -0.25) is 0 Å². The monoisotopic (exact) mass is 356 g/mol. The normalized spacial score (nSPS) is 12.6. The molecule has 2 N–H and O–H groups in total. The molecule has 136 valence electrons. The summed E-state index contributed by atoms with van der Waals surface area (Å²) in [6.45, 7) is 6.57. The number of hydrogen-bond donors (Lipinski definition) is 2. The predicted octanol–water partition coefficient (Wildman–Crippen LogP) is 2.07. The fraction of sp³-hybridized carbons (Fsp3) is 0.529. The van der Waals surface area contributed by atoms with E-state index in [2.05, 4.69) is 16.6 Å². The second kappa shape index (κ2) is 10.3. The molecule has 1 aromatic rings. The Balaban J connectivity index is 2.46. The third kappa shape index (κ3) is 7.33. The molecule has 0 bridgehead atoms. The smallest absolute Gasteiger partial charge is 0.211 e. The van der Waals surface area contributed by atoms with Crippen LogP contribution >= 0.6 is 0 Å². The van der Waals surface area contributed by atoms with Gasteiger partial charge in [-0.15, -0.1) is 6.58 Å². The molecular weight excluding hydrogens is 328 g/mol. The zero-order chi connectivity index (χ0) is 18.0. The number of ether oxygens (including phenoxy) is 2. The first kappa shape index (κ1) is 20.5. The zero-order valence-electron chi connectivity index (χ0n) is 14.7. The number of nitrogens with one attached hydrogen (secondary N) is 2. The molecule has 0 amide bonds. The van der Waals surface area contributed by atoms with Crippen LogP contribution in [0.15, 0.2) is 30.9 Å². The summed E-state index contributed by atoms with van der Waals surface area (Å²) < 4.78 is 37.2. The molecular formula is C17H28N2O4S. The molecule has 1 rings (SSSR count). The summed E-state index contributed by atoms with van der Waals surface area (Å²) in [6, 6.07) is 5.60. The molecule has 0 aliphatic carbocycles. The van der Waals surface area contributed by atoms with Crippen LogP contribution in [0.25, 0.3) is 0 Å². The summed E-state index contributed by atoms with van der Waals surface area (Å²) >= 11 is 0. The first-order valence-corrected chi connectivity index (χ1v) is 9.59. The maximum atomic E-state index is 12.1. The fourth-order valence-corrected chi connectivity index (χ4v) is 3.25. The Morgan fingerprint density at radius 1 is 1.29 bits per heavy atom. The highest BCUT2D eigenvalue weighted by molar-refractivity contribution is 7.89. The van der Waals surface area contributed by atoms with Crippen LogP contribution in [-0.2, 0) is 16.6 Å². The molecule has 7 heteroatoms. The molecule has 1 aromatic carbocycles. The molecule has 6 nitrogen and oxygen atoms in total. The van der Waals surface area contributed by atoms with E-state index in [0.29, 0.717) is 30.5 Å². The lowest BCUT2D eigenvalue weighted by atomic mass is 10.2. The van der Waals surface area contributed by atoms with Gasteiger partial charge >= 0.3 is 0 Å². The molecule has 0 aliphatic heterocycles. The van der Waals surface area contributed by atoms with Gasteiger partial charge in [-0.05, 0) is 32.4 Å². The van der Waals surface area contributed by atoms with Crippen LogP contribution in [0, 0.1) is 0 Å². The van der Waals surface area contributed by atoms with E-state index in [9.17, 15) is 8.42 Å². The van der Waals surface area contributed by atoms with Crippen molar-refractivity contribution in [1.82, 2.24) is 10.0 Å². The number of benzene rings is 1. The van der Waals surface area contributed by atoms with Crippen LogP contribution in [0.2, 0.25) is 0 Å². The lowest BCUT2D eigenvalue weighted by molar-refractivity contribution is 0.390. The van der Waals surface area contributed by atoms with Crippen molar-refractivity contribution in [2.45, 2.75) is 32.4 Å². The lowest BCUT2D eigenvalue weighted by Crippen LogP contribution is -2.30. The highest BCUT2D eigenvalue weighted by atomic mass is 32.2. The Morgan fingerprint density at radius 2 is 2.04 bits per heavy atom. The predicted molar refractivity (Wildman–Crippen MR) is 97.1 cm³/mol. The molecule has 0 aliphatic rings. The van der Waals surface area contributed by atoms with E-state index in [0.717, 1.165) is 12.0 Å². The van der Waals surface area contributed by atoms with Gasteiger partial charge in [0.15, 0.2) is 0 Å². The van der Waals surface area contributed by atoms with E-state index < -0.39 is 10.0 Å². The van der Waals surface area contributed by atoms with Gasteiger partial charge in [0.05, 0.1) is 20.0 Å². The maximum Gasteiger partial charge on any atom is 0.211 e. The number of rotatable bonds is 12. The minimum atomic E-state index is -3.33. The van der Waals surface area contributed by atoms with E-state index in [1.807, 2.05) is 13.0 Å². The van der Waals surface area contributed by atoms with Gasteiger partial charge in [0.1, 0.15) is 11.5 Å². The largest absolute Gasteiger partial charge is 0.497 e. The van der Waals surface area contributed by atoms with E-state index in [1.165, 1.54) is 0 Å². The van der Waals surface area contributed by atoms with Gasteiger partial charge < -0.3 is 14.8 Å². The summed E-state index contributed by atoms with van der Waals surface area (Å²) in [5, 5.41) is 3.26. The minimum absolute atomic E-state index is 0.0826. The Morgan fingerprint density at radius 3 is 2.67 bits per heavy atom. The van der Waals surface area contributed by atoms with Crippen LogP contribution < -0.4 is 19.5 Å². The molecule has 0 saturated carbocycles. The first-order valence-electron chi connectivity index (χ1n) is 7.94. The lowest BCUT2D eigenvalue weighted by Gasteiger charge is -2.13. The highest BCUT2D eigenvalue weighted by Crippen LogP contribution is 2.24. The summed E-state index contributed by atoms with van der Waals surface area (Å²) in [7, 11) is -0.213. The molecule has 0 heterocycles. The molecule has 0 aromatic heterocycles.